The number of hydrogen-bond donors (Lipinski definition) is 1. The summed E-state index contributed by atoms with van der Waals surface area (Å²) in [6.45, 7) is 0. The number of rotatable bonds is 2. The molecule has 0 saturated carbocycles. The minimum atomic E-state index is 0.340. The number of ether oxygens (including phenoxy) is 2. The number of aromatic nitrogens is 1. The number of nitrogens with zero attached hydrogens (tertiary/aromatic N) is 1. The van der Waals surface area contributed by atoms with E-state index in [2.05, 4.69) is 4.98 Å². The Labute approximate surface area is 64.9 Å². The van der Waals surface area contributed by atoms with Crippen molar-refractivity contribution in [3.63, 3.8) is 0 Å². The lowest BCUT2D eigenvalue weighted by atomic mass is 10.4. The Morgan fingerprint density at radius 2 is 2.00 bits per heavy atom. The molecule has 0 fully saturated rings. The molecule has 0 unspecified atom stereocenters. The summed E-state index contributed by atoms with van der Waals surface area (Å²) in [6, 6.07) is 3.40. The van der Waals surface area contributed by atoms with Crippen molar-refractivity contribution in [2.45, 2.75) is 0 Å². The van der Waals surface area contributed by atoms with E-state index in [1.165, 1.54) is 7.11 Å². The standard InChI is InChI=1S/C7H10N2O2/c1-10-5-3-4-6(11-2)9-7(5)8/h3-4H,1-2H3,(H2,8,9). The highest BCUT2D eigenvalue weighted by Crippen LogP contribution is 2.20. The van der Waals surface area contributed by atoms with Gasteiger partial charge >= 0.3 is 0 Å². The summed E-state index contributed by atoms with van der Waals surface area (Å²) in [5, 5.41) is 0. The van der Waals surface area contributed by atoms with Crippen LogP contribution in [0.2, 0.25) is 0 Å². The van der Waals surface area contributed by atoms with Crippen LogP contribution in [-0.4, -0.2) is 19.2 Å². The summed E-state index contributed by atoms with van der Waals surface area (Å²) < 4.78 is 9.75. The molecule has 0 aliphatic rings. The fraction of sp³-hybridized carbons (Fsp3) is 0.286. The van der Waals surface area contributed by atoms with Crippen molar-refractivity contribution in [1.29, 1.82) is 0 Å². The second kappa shape index (κ2) is 3.09. The van der Waals surface area contributed by atoms with Crippen LogP contribution in [0.3, 0.4) is 0 Å². The predicted molar refractivity (Wildman–Crippen MR) is 41.8 cm³/mol. The smallest absolute Gasteiger partial charge is 0.215 e. The first-order valence-corrected chi connectivity index (χ1v) is 3.12. The average molecular weight is 154 g/mol. The summed E-state index contributed by atoms with van der Waals surface area (Å²) in [6.07, 6.45) is 0. The Kier molecular flexibility index (Phi) is 2.15. The van der Waals surface area contributed by atoms with Gasteiger partial charge in [-0.15, -0.1) is 0 Å². The molecular weight excluding hydrogens is 144 g/mol. The van der Waals surface area contributed by atoms with E-state index in [0.717, 1.165) is 0 Å². The molecule has 1 aromatic rings. The lowest BCUT2D eigenvalue weighted by Gasteiger charge is -2.03. The molecule has 0 spiro atoms. The van der Waals surface area contributed by atoms with Crippen LogP contribution in [0.15, 0.2) is 12.1 Å². The minimum Gasteiger partial charge on any atom is -0.493 e. The predicted octanol–water partition coefficient (Wildman–Crippen LogP) is 0.681. The normalized spacial score (nSPS) is 9.27. The van der Waals surface area contributed by atoms with Gasteiger partial charge in [-0.05, 0) is 6.07 Å². The monoisotopic (exact) mass is 154 g/mol. The maximum atomic E-state index is 5.49. The molecule has 0 aliphatic carbocycles. The molecule has 4 heteroatoms. The third kappa shape index (κ3) is 1.52. The van der Waals surface area contributed by atoms with Gasteiger partial charge in [-0.1, -0.05) is 0 Å². The van der Waals surface area contributed by atoms with Crippen LogP contribution < -0.4 is 15.2 Å². The van der Waals surface area contributed by atoms with Crippen LogP contribution >= 0.6 is 0 Å². The van der Waals surface area contributed by atoms with Gasteiger partial charge in [0.15, 0.2) is 11.6 Å². The highest BCUT2D eigenvalue weighted by Gasteiger charge is 2.00. The van der Waals surface area contributed by atoms with E-state index in [1.807, 2.05) is 0 Å². The minimum absolute atomic E-state index is 0.340. The van der Waals surface area contributed by atoms with Crippen molar-refractivity contribution in [1.82, 2.24) is 4.98 Å². The number of hydrogen-bond acceptors (Lipinski definition) is 4. The zero-order valence-electron chi connectivity index (χ0n) is 6.50. The third-order valence-electron chi connectivity index (χ3n) is 1.29. The molecule has 0 bridgehead atoms. The van der Waals surface area contributed by atoms with E-state index in [0.29, 0.717) is 17.4 Å². The molecular formula is C7H10N2O2. The molecule has 0 saturated heterocycles. The summed E-state index contributed by atoms with van der Waals surface area (Å²) in [7, 11) is 3.08. The van der Waals surface area contributed by atoms with E-state index >= 15 is 0 Å². The van der Waals surface area contributed by atoms with E-state index < -0.39 is 0 Å². The van der Waals surface area contributed by atoms with Gasteiger partial charge in [-0.3, -0.25) is 0 Å². The number of nitrogen functional groups attached to an aromatic ring is 1. The molecule has 60 valence electrons. The second-order valence-electron chi connectivity index (χ2n) is 1.94. The van der Waals surface area contributed by atoms with Gasteiger partial charge in [-0.25, -0.2) is 0 Å². The van der Waals surface area contributed by atoms with Gasteiger partial charge in [0.05, 0.1) is 14.2 Å². The fourth-order valence-corrected chi connectivity index (χ4v) is 0.730. The molecule has 1 heterocycles. The van der Waals surface area contributed by atoms with Gasteiger partial charge in [0.25, 0.3) is 0 Å². The number of anilines is 1. The molecule has 1 aromatic heterocycles. The van der Waals surface area contributed by atoms with E-state index in [1.54, 1.807) is 19.2 Å². The molecule has 0 radical (unpaired) electrons. The van der Waals surface area contributed by atoms with Crippen molar-refractivity contribution in [3.8, 4) is 11.6 Å². The van der Waals surface area contributed by atoms with Gasteiger partial charge in [0.2, 0.25) is 5.88 Å². The molecule has 0 aliphatic heterocycles. The number of methoxy groups -OCH3 is 2. The Morgan fingerprint density at radius 1 is 1.27 bits per heavy atom. The lowest BCUT2D eigenvalue weighted by molar-refractivity contribution is 0.390. The highest BCUT2D eigenvalue weighted by molar-refractivity contribution is 5.47. The molecule has 0 aromatic carbocycles. The van der Waals surface area contributed by atoms with Crippen LogP contribution in [0.5, 0.6) is 11.6 Å². The quantitative estimate of drug-likeness (QED) is 0.680. The maximum absolute atomic E-state index is 5.49. The van der Waals surface area contributed by atoms with Crippen LogP contribution in [0.25, 0.3) is 0 Å². The van der Waals surface area contributed by atoms with Crippen LogP contribution in [0, 0.1) is 0 Å². The maximum Gasteiger partial charge on any atom is 0.215 e. The van der Waals surface area contributed by atoms with Crippen molar-refractivity contribution in [2.75, 3.05) is 20.0 Å². The zero-order chi connectivity index (χ0) is 8.27. The average Bonchev–Trinajstić information content (AvgIpc) is 2.04. The van der Waals surface area contributed by atoms with Gasteiger partial charge < -0.3 is 15.2 Å². The molecule has 0 amide bonds. The van der Waals surface area contributed by atoms with Gasteiger partial charge in [0.1, 0.15) is 0 Å². The van der Waals surface area contributed by atoms with Crippen LogP contribution in [-0.2, 0) is 0 Å². The molecule has 4 nitrogen and oxygen atoms in total. The summed E-state index contributed by atoms with van der Waals surface area (Å²) >= 11 is 0. The summed E-state index contributed by atoms with van der Waals surface area (Å²) in [5.41, 5.74) is 5.49. The number of pyridine rings is 1. The Hall–Kier alpha value is -1.45. The molecule has 2 N–H and O–H groups in total. The van der Waals surface area contributed by atoms with Crippen LogP contribution in [0.1, 0.15) is 0 Å². The Balaban J connectivity index is 2.99. The first-order chi connectivity index (χ1) is 5.27. The van der Waals surface area contributed by atoms with Crippen molar-refractivity contribution >= 4 is 5.82 Å². The molecule has 0 atom stereocenters. The third-order valence-corrected chi connectivity index (χ3v) is 1.29. The van der Waals surface area contributed by atoms with E-state index in [4.69, 9.17) is 15.2 Å². The van der Waals surface area contributed by atoms with Gasteiger partial charge in [0, 0.05) is 6.07 Å². The van der Waals surface area contributed by atoms with Crippen molar-refractivity contribution in [2.24, 2.45) is 0 Å². The second-order valence-corrected chi connectivity index (χ2v) is 1.94. The Bertz CT molecular complexity index is 250. The molecule has 11 heavy (non-hydrogen) atoms. The largest absolute Gasteiger partial charge is 0.493 e. The van der Waals surface area contributed by atoms with Crippen LogP contribution in [0.4, 0.5) is 5.82 Å². The van der Waals surface area contributed by atoms with Crippen molar-refractivity contribution < 1.29 is 9.47 Å². The fourth-order valence-electron chi connectivity index (χ4n) is 0.730. The molecule has 1 rings (SSSR count). The van der Waals surface area contributed by atoms with E-state index in [9.17, 15) is 0 Å². The first-order valence-electron chi connectivity index (χ1n) is 3.12. The summed E-state index contributed by atoms with van der Waals surface area (Å²) in [4.78, 5) is 3.89. The SMILES string of the molecule is COc1ccc(OC)c(N)n1. The highest BCUT2D eigenvalue weighted by atomic mass is 16.5. The zero-order valence-corrected chi connectivity index (χ0v) is 6.50. The summed E-state index contributed by atoms with van der Waals surface area (Å²) in [5.74, 6) is 1.39. The van der Waals surface area contributed by atoms with Crippen molar-refractivity contribution in [3.05, 3.63) is 12.1 Å². The topological polar surface area (TPSA) is 57.4 Å². The number of nitrogens with two attached hydrogens (primary N) is 1. The van der Waals surface area contributed by atoms with E-state index in [-0.39, 0.29) is 0 Å². The van der Waals surface area contributed by atoms with Gasteiger partial charge in [-0.2, -0.15) is 4.98 Å². The Morgan fingerprint density at radius 3 is 2.45 bits per heavy atom. The first kappa shape index (κ1) is 7.65. The lowest BCUT2D eigenvalue weighted by Crippen LogP contribution is -1.97.